The maximum absolute atomic E-state index is 14.6. The van der Waals surface area contributed by atoms with Crippen molar-refractivity contribution in [3.63, 3.8) is 0 Å². The molecule has 0 radical (unpaired) electrons. The molecule has 0 atom stereocenters. The van der Waals surface area contributed by atoms with Gasteiger partial charge >= 0.3 is 0 Å². The molecule has 1 aliphatic heterocycles. The molecule has 0 unspecified atom stereocenters. The van der Waals surface area contributed by atoms with E-state index in [2.05, 4.69) is 4.98 Å². The average Bonchev–Trinajstić information content (AvgIpc) is 3.24. The molecule has 4 nitrogen and oxygen atoms in total. The highest BCUT2D eigenvalue weighted by Gasteiger charge is 2.22. The minimum absolute atomic E-state index is 0.0404. The predicted molar refractivity (Wildman–Crippen MR) is 111 cm³/mol. The van der Waals surface area contributed by atoms with Gasteiger partial charge in [0.15, 0.2) is 0 Å². The monoisotopic (exact) mass is 450 g/mol. The van der Waals surface area contributed by atoms with Gasteiger partial charge in [-0.25, -0.2) is 18.2 Å². The number of amides is 1. The molecule has 0 bridgehead atoms. The third kappa shape index (κ3) is 4.62. The maximum Gasteiger partial charge on any atom is 0.273 e. The van der Waals surface area contributed by atoms with E-state index in [-0.39, 0.29) is 29.4 Å². The Hall–Kier alpha value is -2.52. The Balaban J connectivity index is 1.46. The summed E-state index contributed by atoms with van der Waals surface area (Å²) in [6.45, 7) is 1.14. The van der Waals surface area contributed by atoms with Crippen molar-refractivity contribution in [3.8, 4) is 16.3 Å². The van der Waals surface area contributed by atoms with Crippen molar-refractivity contribution < 1.29 is 22.7 Å². The van der Waals surface area contributed by atoms with E-state index in [1.54, 1.807) is 10.3 Å². The van der Waals surface area contributed by atoms with Gasteiger partial charge in [0.2, 0.25) is 0 Å². The van der Waals surface area contributed by atoms with Gasteiger partial charge in [0.05, 0.1) is 0 Å². The number of nitrogens with zero attached hydrogens (tertiary/aromatic N) is 2. The Morgan fingerprint density at radius 2 is 1.87 bits per heavy atom. The smallest absolute Gasteiger partial charge is 0.273 e. The lowest BCUT2D eigenvalue weighted by Gasteiger charge is -2.25. The molecular weight excluding hydrogens is 433 g/mol. The van der Waals surface area contributed by atoms with Crippen LogP contribution in [-0.2, 0) is 6.61 Å². The molecule has 1 aromatic heterocycles. The van der Waals surface area contributed by atoms with Gasteiger partial charge in [-0.05, 0) is 30.3 Å². The highest BCUT2D eigenvalue weighted by molar-refractivity contribution is 7.99. The van der Waals surface area contributed by atoms with E-state index in [9.17, 15) is 18.0 Å². The number of halogens is 3. The van der Waals surface area contributed by atoms with Gasteiger partial charge in [0, 0.05) is 47.2 Å². The summed E-state index contributed by atoms with van der Waals surface area (Å²) in [5.41, 5.74) is 0.597. The van der Waals surface area contributed by atoms with Crippen molar-refractivity contribution in [2.24, 2.45) is 0 Å². The van der Waals surface area contributed by atoms with Crippen molar-refractivity contribution in [2.45, 2.75) is 6.61 Å². The predicted octanol–water partition coefficient (Wildman–Crippen LogP) is 5.00. The lowest BCUT2D eigenvalue weighted by Crippen LogP contribution is -2.38. The van der Waals surface area contributed by atoms with Crippen LogP contribution in [-0.4, -0.2) is 40.4 Å². The van der Waals surface area contributed by atoms with E-state index < -0.39 is 17.5 Å². The standard InChI is InChI=1S/C21H17F3N2O2S2/c22-14-1-4-17(23)13(9-14)11-28-15-2-3-16(18(24)10-15)20-25-19(12-30-20)21(27)26-5-7-29-8-6-26/h1-4,9-10,12H,5-8,11H2. The van der Waals surface area contributed by atoms with Crippen LogP contribution in [0.2, 0.25) is 0 Å². The number of thiazole rings is 1. The molecule has 2 heterocycles. The average molecular weight is 451 g/mol. The number of benzene rings is 2. The molecule has 2 aromatic carbocycles. The number of hydrogen-bond acceptors (Lipinski definition) is 5. The highest BCUT2D eigenvalue weighted by atomic mass is 32.2. The topological polar surface area (TPSA) is 42.4 Å². The van der Waals surface area contributed by atoms with Gasteiger partial charge in [0.25, 0.3) is 5.91 Å². The number of ether oxygens (including phenoxy) is 1. The van der Waals surface area contributed by atoms with Gasteiger partial charge in [-0.2, -0.15) is 11.8 Å². The van der Waals surface area contributed by atoms with Crippen LogP contribution in [0.3, 0.4) is 0 Å². The quantitative estimate of drug-likeness (QED) is 0.549. The summed E-state index contributed by atoms with van der Waals surface area (Å²) in [6, 6.07) is 7.26. The summed E-state index contributed by atoms with van der Waals surface area (Å²) >= 11 is 3.00. The van der Waals surface area contributed by atoms with E-state index in [1.807, 2.05) is 11.8 Å². The molecule has 3 aromatic rings. The molecule has 1 amide bonds. The maximum atomic E-state index is 14.6. The first-order valence-corrected chi connectivity index (χ1v) is 11.2. The SMILES string of the molecule is O=C(c1csc(-c2ccc(OCc3cc(F)ccc3F)cc2F)n1)N1CCSCC1. The van der Waals surface area contributed by atoms with E-state index in [0.29, 0.717) is 23.8 Å². The third-order valence-corrected chi connectivity index (χ3v) is 6.41. The molecule has 156 valence electrons. The lowest BCUT2D eigenvalue weighted by molar-refractivity contribution is 0.0767. The number of carbonyl (C=O) groups excluding carboxylic acids is 1. The number of aromatic nitrogens is 1. The fourth-order valence-corrected chi connectivity index (χ4v) is 4.72. The molecule has 1 saturated heterocycles. The van der Waals surface area contributed by atoms with Crippen molar-refractivity contribution in [1.82, 2.24) is 9.88 Å². The van der Waals surface area contributed by atoms with Crippen LogP contribution in [0.4, 0.5) is 13.2 Å². The van der Waals surface area contributed by atoms with Crippen LogP contribution in [0.25, 0.3) is 10.6 Å². The summed E-state index contributed by atoms with van der Waals surface area (Å²) in [5, 5.41) is 2.03. The van der Waals surface area contributed by atoms with Crippen molar-refractivity contribution in [2.75, 3.05) is 24.6 Å². The zero-order valence-electron chi connectivity index (χ0n) is 15.7. The van der Waals surface area contributed by atoms with Gasteiger partial charge in [0.1, 0.15) is 40.5 Å². The van der Waals surface area contributed by atoms with Crippen molar-refractivity contribution in [3.05, 3.63) is 70.5 Å². The van der Waals surface area contributed by atoms with Crippen LogP contribution in [0.15, 0.2) is 41.8 Å². The number of hydrogen-bond donors (Lipinski definition) is 0. The van der Waals surface area contributed by atoms with Crippen molar-refractivity contribution in [1.29, 1.82) is 0 Å². The first kappa shape index (κ1) is 20.7. The Labute approximate surface area is 179 Å². The van der Waals surface area contributed by atoms with Crippen LogP contribution >= 0.6 is 23.1 Å². The van der Waals surface area contributed by atoms with E-state index >= 15 is 0 Å². The lowest BCUT2D eigenvalue weighted by atomic mass is 10.2. The molecule has 0 aliphatic carbocycles. The molecule has 1 aliphatic rings. The second-order valence-electron chi connectivity index (χ2n) is 6.61. The van der Waals surface area contributed by atoms with E-state index in [4.69, 9.17) is 4.74 Å². The van der Waals surface area contributed by atoms with Crippen LogP contribution in [0.5, 0.6) is 5.75 Å². The van der Waals surface area contributed by atoms with Crippen LogP contribution < -0.4 is 4.74 Å². The number of rotatable bonds is 5. The fourth-order valence-electron chi connectivity index (χ4n) is 3.00. The summed E-state index contributed by atoms with van der Waals surface area (Å²) in [4.78, 5) is 18.6. The van der Waals surface area contributed by atoms with Gasteiger partial charge in [-0.1, -0.05) is 0 Å². The molecule has 0 saturated carbocycles. The Kier molecular flexibility index (Phi) is 6.29. The summed E-state index contributed by atoms with van der Waals surface area (Å²) in [6.07, 6.45) is 0. The van der Waals surface area contributed by atoms with Gasteiger partial charge in [-0.15, -0.1) is 11.3 Å². The minimum atomic E-state index is -0.597. The molecule has 4 rings (SSSR count). The Morgan fingerprint density at radius 1 is 1.07 bits per heavy atom. The summed E-state index contributed by atoms with van der Waals surface area (Å²) in [5.74, 6) is 0.0926. The first-order chi connectivity index (χ1) is 14.5. The molecule has 0 N–H and O–H groups in total. The van der Waals surface area contributed by atoms with Crippen molar-refractivity contribution >= 4 is 29.0 Å². The van der Waals surface area contributed by atoms with Gasteiger partial charge in [-0.3, -0.25) is 4.79 Å². The van der Waals surface area contributed by atoms with Gasteiger partial charge < -0.3 is 9.64 Å². The zero-order valence-corrected chi connectivity index (χ0v) is 17.4. The zero-order chi connectivity index (χ0) is 21.1. The summed E-state index contributed by atoms with van der Waals surface area (Å²) in [7, 11) is 0. The highest BCUT2D eigenvalue weighted by Crippen LogP contribution is 2.30. The molecular formula is C21H17F3N2O2S2. The van der Waals surface area contributed by atoms with E-state index in [0.717, 1.165) is 35.8 Å². The normalized spacial score (nSPS) is 14.0. The molecule has 1 fully saturated rings. The second-order valence-corrected chi connectivity index (χ2v) is 8.69. The van der Waals surface area contributed by atoms with Crippen LogP contribution in [0.1, 0.15) is 16.1 Å². The Morgan fingerprint density at radius 3 is 2.63 bits per heavy atom. The number of carbonyl (C=O) groups is 1. The second kappa shape index (κ2) is 9.09. The third-order valence-electron chi connectivity index (χ3n) is 4.59. The van der Waals surface area contributed by atoms with E-state index in [1.165, 1.54) is 23.5 Å². The minimum Gasteiger partial charge on any atom is -0.489 e. The molecule has 0 spiro atoms. The molecule has 9 heteroatoms. The largest absolute Gasteiger partial charge is 0.489 e. The first-order valence-electron chi connectivity index (χ1n) is 9.20. The fraction of sp³-hybridized carbons (Fsp3) is 0.238. The number of thioether (sulfide) groups is 1. The Bertz CT molecular complexity index is 1070. The van der Waals surface area contributed by atoms with Crippen LogP contribution in [0, 0.1) is 17.5 Å². The molecule has 30 heavy (non-hydrogen) atoms. The summed E-state index contributed by atoms with van der Waals surface area (Å²) < 4.78 is 46.9.